The molecule has 4 rings (SSSR count). The molecular formula is C18H22N4O2. The van der Waals surface area contributed by atoms with Crippen molar-refractivity contribution in [3.63, 3.8) is 0 Å². The van der Waals surface area contributed by atoms with Crippen molar-refractivity contribution < 1.29 is 9.53 Å². The first kappa shape index (κ1) is 15.2. The second-order valence-electron chi connectivity index (χ2n) is 6.45. The van der Waals surface area contributed by atoms with E-state index in [1.165, 1.54) is 18.5 Å². The zero-order valence-electron chi connectivity index (χ0n) is 13.8. The van der Waals surface area contributed by atoms with E-state index in [0.717, 1.165) is 17.0 Å². The summed E-state index contributed by atoms with van der Waals surface area (Å²) in [5.41, 5.74) is 3.06. The number of benzene rings is 1. The van der Waals surface area contributed by atoms with Gasteiger partial charge in [0.05, 0.1) is 12.2 Å². The molecule has 2 heterocycles. The Bertz CT molecular complexity index is 751. The van der Waals surface area contributed by atoms with Gasteiger partial charge in [-0.15, -0.1) is 0 Å². The van der Waals surface area contributed by atoms with Gasteiger partial charge in [0, 0.05) is 30.8 Å². The van der Waals surface area contributed by atoms with Crippen LogP contribution in [0.3, 0.4) is 0 Å². The van der Waals surface area contributed by atoms with Crippen LogP contribution in [0.4, 0.5) is 0 Å². The minimum atomic E-state index is -0.393. The van der Waals surface area contributed by atoms with E-state index in [-0.39, 0.29) is 5.91 Å². The fraction of sp³-hybridized carbons (Fsp3) is 0.444. The molecular weight excluding hydrogens is 304 g/mol. The van der Waals surface area contributed by atoms with Crippen LogP contribution in [0.2, 0.25) is 0 Å². The first-order chi connectivity index (χ1) is 11.7. The number of para-hydroxylation sites is 1. The third kappa shape index (κ3) is 3.01. The Balaban J connectivity index is 1.45. The Kier molecular flexibility index (Phi) is 3.98. The van der Waals surface area contributed by atoms with Crippen molar-refractivity contribution in [2.75, 3.05) is 13.2 Å². The van der Waals surface area contributed by atoms with Gasteiger partial charge >= 0.3 is 0 Å². The topological polar surface area (TPSA) is 68.2 Å². The van der Waals surface area contributed by atoms with E-state index in [0.29, 0.717) is 25.6 Å². The van der Waals surface area contributed by atoms with Crippen molar-refractivity contribution in [1.82, 2.24) is 20.4 Å². The van der Waals surface area contributed by atoms with Gasteiger partial charge in [-0.2, -0.15) is 5.10 Å². The summed E-state index contributed by atoms with van der Waals surface area (Å²) in [5, 5.41) is 10.8. The normalized spacial score (nSPS) is 20.0. The fourth-order valence-electron chi connectivity index (χ4n) is 3.23. The van der Waals surface area contributed by atoms with Gasteiger partial charge < -0.3 is 10.1 Å². The van der Waals surface area contributed by atoms with E-state index in [2.05, 4.69) is 21.8 Å². The van der Waals surface area contributed by atoms with E-state index in [1.807, 2.05) is 36.0 Å². The summed E-state index contributed by atoms with van der Waals surface area (Å²) in [6.45, 7) is 1.65. The molecule has 1 aromatic heterocycles. The number of hydrogen-bond donors (Lipinski definition) is 2. The molecule has 1 aromatic carbocycles. The van der Waals surface area contributed by atoms with Crippen LogP contribution in [-0.2, 0) is 18.4 Å². The van der Waals surface area contributed by atoms with Gasteiger partial charge in [0.2, 0.25) is 5.91 Å². The Hall–Kier alpha value is -2.34. The average Bonchev–Trinajstić information content (AvgIpc) is 3.39. The zero-order chi connectivity index (χ0) is 16.5. The van der Waals surface area contributed by atoms with Crippen LogP contribution in [-0.4, -0.2) is 28.8 Å². The second kappa shape index (κ2) is 6.28. The van der Waals surface area contributed by atoms with Crippen molar-refractivity contribution in [3.8, 4) is 5.75 Å². The van der Waals surface area contributed by atoms with E-state index >= 15 is 0 Å². The number of hydrogen-bond acceptors (Lipinski definition) is 4. The molecule has 6 heteroatoms. The molecule has 1 atom stereocenters. The van der Waals surface area contributed by atoms with Crippen LogP contribution >= 0.6 is 0 Å². The van der Waals surface area contributed by atoms with Crippen molar-refractivity contribution in [3.05, 3.63) is 47.3 Å². The number of amides is 1. The van der Waals surface area contributed by atoms with E-state index in [4.69, 9.17) is 4.74 Å². The standard InChI is InChI=1S/C18H22N4O2/c1-22-15(12-6-7-12)10-13(21-22)11-20-18(23)17-14-4-2-3-5-16(14)24-9-8-19-17/h2-5,10,12,17,19H,6-9,11H2,1H3,(H,20,23). The van der Waals surface area contributed by atoms with Gasteiger partial charge in [-0.1, -0.05) is 18.2 Å². The predicted molar refractivity (Wildman–Crippen MR) is 89.7 cm³/mol. The quantitative estimate of drug-likeness (QED) is 0.896. The molecule has 0 bridgehead atoms. The maximum Gasteiger partial charge on any atom is 0.242 e. The van der Waals surface area contributed by atoms with E-state index in [1.54, 1.807) is 0 Å². The number of aromatic nitrogens is 2. The highest BCUT2D eigenvalue weighted by molar-refractivity contribution is 5.84. The van der Waals surface area contributed by atoms with Crippen molar-refractivity contribution >= 4 is 5.91 Å². The number of rotatable bonds is 4. The molecule has 1 amide bonds. The molecule has 0 spiro atoms. The molecule has 126 valence electrons. The molecule has 6 nitrogen and oxygen atoms in total. The van der Waals surface area contributed by atoms with Crippen LogP contribution in [0.5, 0.6) is 5.75 Å². The smallest absolute Gasteiger partial charge is 0.242 e. The molecule has 1 aliphatic heterocycles. The lowest BCUT2D eigenvalue weighted by molar-refractivity contribution is -0.123. The van der Waals surface area contributed by atoms with Gasteiger partial charge in [-0.25, -0.2) is 0 Å². The summed E-state index contributed by atoms with van der Waals surface area (Å²) < 4.78 is 7.62. The zero-order valence-corrected chi connectivity index (χ0v) is 13.8. The Labute approximate surface area is 141 Å². The summed E-state index contributed by atoms with van der Waals surface area (Å²) >= 11 is 0. The summed E-state index contributed by atoms with van der Waals surface area (Å²) in [7, 11) is 1.97. The number of nitrogens with one attached hydrogen (secondary N) is 2. The van der Waals surface area contributed by atoms with Crippen molar-refractivity contribution in [2.24, 2.45) is 7.05 Å². The summed E-state index contributed by atoms with van der Waals surface area (Å²) in [6, 6.07) is 9.40. The first-order valence-corrected chi connectivity index (χ1v) is 8.48. The Morgan fingerprint density at radius 3 is 3.08 bits per heavy atom. The monoisotopic (exact) mass is 326 g/mol. The molecule has 2 N–H and O–H groups in total. The number of nitrogens with zero attached hydrogens (tertiary/aromatic N) is 2. The fourth-order valence-corrected chi connectivity index (χ4v) is 3.23. The van der Waals surface area contributed by atoms with Gasteiger partial charge in [-0.3, -0.25) is 14.8 Å². The van der Waals surface area contributed by atoms with E-state index in [9.17, 15) is 4.79 Å². The van der Waals surface area contributed by atoms with Crippen LogP contribution in [0.25, 0.3) is 0 Å². The van der Waals surface area contributed by atoms with Crippen LogP contribution < -0.4 is 15.4 Å². The lowest BCUT2D eigenvalue weighted by Crippen LogP contribution is -2.37. The molecule has 0 radical (unpaired) electrons. The van der Waals surface area contributed by atoms with Crippen LogP contribution in [0.1, 0.15) is 41.8 Å². The lowest BCUT2D eigenvalue weighted by atomic mass is 10.1. The lowest BCUT2D eigenvalue weighted by Gasteiger charge is -2.16. The number of aryl methyl sites for hydroxylation is 1. The molecule has 2 aliphatic rings. The number of carbonyl (C=O) groups excluding carboxylic acids is 1. The molecule has 24 heavy (non-hydrogen) atoms. The molecule has 1 fully saturated rings. The molecule has 1 unspecified atom stereocenters. The molecule has 2 aromatic rings. The number of ether oxygens (including phenoxy) is 1. The van der Waals surface area contributed by atoms with Crippen molar-refractivity contribution in [1.29, 1.82) is 0 Å². The minimum absolute atomic E-state index is 0.0495. The minimum Gasteiger partial charge on any atom is -0.492 e. The highest BCUT2D eigenvalue weighted by Gasteiger charge is 2.28. The summed E-state index contributed by atoms with van der Waals surface area (Å²) in [5.74, 6) is 1.38. The highest BCUT2D eigenvalue weighted by Crippen LogP contribution is 2.39. The van der Waals surface area contributed by atoms with Gasteiger partial charge in [-0.05, 0) is 25.0 Å². The van der Waals surface area contributed by atoms with Gasteiger partial charge in [0.25, 0.3) is 0 Å². The largest absolute Gasteiger partial charge is 0.492 e. The molecule has 0 saturated heterocycles. The van der Waals surface area contributed by atoms with E-state index < -0.39 is 6.04 Å². The highest BCUT2D eigenvalue weighted by atomic mass is 16.5. The van der Waals surface area contributed by atoms with Crippen LogP contribution in [0, 0.1) is 0 Å². The van der Waals surface area contributed by atoms with Gasteiger partial charge in [0.15, 0.2) is 0 Å². The molecule has 1 aliphatic carbocycles. The second-order valence-corrected chi connectivity index (χ2v) is 6.45. The maximum absolute atomic E-state index is 12.7. The average molecular weight is 326 g/mol. The van der Waals surface area contributed by atoms with Gasteiger partial charge in [0.1, 0.15) is 18.4 Å². The summed E-state index contributed by atoms with van der Waals surface area (Å²) in [4.78, 5) is 12.7. The Morgan fingerprint density at radius 2 is 2.25 bits per heavy atom. The Morgan fingerprint density at radius 1 is 1.42 bits per heavy atom. The predicted octanol–water partition coefficient (Wildman–Crippen LogP) is 1.64. The third-order valence-electron chi connectivity index (χ3n) is 4.61. The summed E-state index contributed by atoms with van der Waals surface area (Å²) in [6.07, 6.45) is 2.49. The number of carbonyl (C=O) groups is 1. The SMILES string of the molecule is Cn1nc(CNC(=O)C2NCCOc3ccccc32)cc1C1CC1. The van der Waals surface area contributed by atoms with Crippen LogP contribution in [0.15, 0.2) is 30.3 Å². The van der Waals surface area contributed by atoms with Crippen molar-refractivity contribution in [2.45, 2.75) is 31.3 Å². The number of fused-ring (bicyclic) bond motifs is 1. The maximum atomic E-state index is 12.7. The first-order valence-electron chi connectivity index (χ1n) is 8.48. The third-order valence-corrected chi connectivity index (χ3v) is 4.61. The molecule has 1 saturated carbocycles.